The number of carboxylic acids is 1. The van der Waals surface area contributed by atoms with Gasteiger partial charge in [-0.15, -0.1) is 0 Å². The quantitative estimate of drug-likeness (QED) is 0.0259. The average Bonchev–Trinajstić information content (AvgIpc) is 3.29. The summed E-state index contributed by atoms with van der Waals surface area (Å²) in [7, 11) is 5.44. The number of hydrogen-bond donors (Lipinski definition) is 0. The van der Waals surface area contributed by atoms with E-state index >= 15 is 0 Å². The number of unbranched alkanes of at least 4 members (excludes halogenated alkanes) is 35. The fraction of sp³-hybridized carbons (Fsp3) is 0.881. The van der Waals surface area contributed by atoms with Gasteiger partial charge in [-0.2, -0.15) is 0 Å². The molecule has 0 aliphatic heterocycles. The van der Waals surface area contributed by atoms with Crippen molar-refractivity contribution >= 4 is 17.9 Å². The Hall–Kier alpha value is -2.19. The molecule has 0 aromatic heterocycles. The summed E-state index contributed by atoms with van der Waals surface area (Å²) in [5.41, 5.74) is 0. The molecule has 2 unspecified atom stereocenters. The van der Waals surface area contributed by atoms with Crippen molar-refractivity contribution < 1.29 is 38.2 Å². The highest BCUT2D eigenvalue weighted by atomic mass is 16.6. The maximum atomic E-state index is 12.8. The van der Waals surface area contributed by atoms with Gasteiger partial charge in [-0.05, 0) is 38.5 Å². The highest BCUT2D eigenvalue weighted by Gasteiger charge is 2.25. The number of quaternary nitrogens is 1. The lowest BCUT2D eigenvalue weighted by Crippen LogP contribution is -2.55. The van der Waals surface area contributed by atoms with Crippen molar-refractivity contribution in [3.63, 3.8) is 0 Å². The highest BCUT2D eigenvalue weighted by Crippen LogP contribution is 2.18. The second kappa shape index (κ2) is 50.2. The maximum Gasteiger partial charge on any atom is 0.306 e. The lowest BCUT2D eigenvalue weighted by atomic mass is 10.0. The van der Waals surface area contributed by atoms with Crippen LogP contribution in [0, 0.1) is 0 Å². The molecule has 0 amide bonds. The Kier molecular flexibility index (Phi) is 48.6. The molecule has 0 saturated carbocycles. The molecule has 0 aliphatic rings. The van der Waals surface area contributed by atoms with Crippen molar-refractivity contribution in [2.75, 3.05) is 41.0 Å². The lowest BCUT2D eigenvalue weighted by Gasteiger charge is -2.34. The zero-order valence-electron chi connectivity index (χ0n) is 45.1. The number of carboxylic acid groups (broad SMARTS) is 1. The summed E-state index contributed by atoms with van der Waals surface area (Å²) in [6.07, 6.45) is 59.4. The molecule has 394 valence electrons. The van der Waals surface area contributed by atoms with Gasteiger partial charge in [0.05, 0.1) is 40.3 Å². The third kappa shape index (κ3) is 48.6. The molecule has 0 saturated heterocycles. The highest BCUT2D eigenvalue weighted by molar-refractivity contribution is 5.70. The minimum Gasteiger partial charge on any atom is -0.544 e. The summed E-state index contributed by atoms with van der Waals surface area (Å²) >= 11 is 0. The van der Waals surface area contributed by atoms with Gasteiger partial charge < -0.3 is 28.6 Å². The van der Waals surface area contributed by atoms with Crippen LogP contribution in [-0.4, -0.2) is 75.5 Å². The van der Waals surface area contributed by atoms with Gasteiger partial charge in [-0.1, -0.05) is 250 Å². The van der Waals surface area contributed by atoms with Gasteiger partial charge in [0.25, 0.3) is 0 Å². The Bertz CT molecular complexity index is 1150. The summed E-state index contributed by atoms with van der Waals surface area (Å²) in [5, 5.41) is 11.7. The van der Waals surface area contributed by atoms with Crippen molar-refractivity contribution in [2.24, 2.45) is 0 Å². The van der Waals surface area contributed by atoms with E-state index in [1.54, 1.807) is 0 Å². The summed E-state index contributed by atoms with van der Waals surface area (Å²) in [6.45, 7) is 4.62. The van der Waals surface area contributed by atoms with Crippen LogP contribution in [0.5, 0.6) is 0 Å². The third-order valence-corrected chi connectivity index (χ3v) is 13.4. The lowest BCUT2D eigenvalue weighted by molar-refractivity contribution is -0.889. The molecule has 0 N–H and O–H groups in total. The number of esters is 2. The van der Waals surface area contributed by atoms with E-state index < -0.39 is 18.1 Å². The van der Waals surface area contributed by atoms with E-state index in [0.29, 0.717) is 12.8 Å². The topological polar surface area (TPSA) is 102 Å². The van der Waals surface area contributed by atoms with Crippen LogP contribution in [0.3, 0.4) is 0 Å². The molecule has 2 atom stereocenters. The van der Waals surface area contributed by atoms with Crippen molar-refractivity contribution in [1.82, 2.24) is 0 Å². The summed E-state index contributed by atoms with van der Waals surface area (Å²) < 4.78 is 17.3. The smallest absolute Gasteiger partial charge is 0.306 e. The molecule has 0 radical (unpaired) electrons. The van der Waals surface area contributed by atoms with Crippen molar-refractivity contribution in [1.29, 1.82) is 0 Å². The van der Waals surface area contributed by atoms with E-state index in [9.17, 15) is 19.5 Å². The summed E-state index contributed by atoms with van der Waals surface area (Å²) in [6, 6.07) is -0.723. The number of aliphatic carboxylic acids is 1. The van der Waals surface area contributed by atoms with Crippen LogP contribution in [0.15, 0.2) is 24.3 Å². The normalized spacial score (nSPS) is 12.9. The van der Waals surface area contributed by atoms with Crippen molar-refractivity contribution in [2.45, 2.75) is 296 Å². The molecule has 0 rings (SSSR count). The van der Waals surface area contributed by atoms with Gasteiger partial charge in [0.15, 0.2) is 6.10 Å². The van der Waals surface area contributed by atoms with E-state index in [1.807, 2.05) is 21.1 Å². The Balaban J connectivity index is 4.12. The second-order valence-corrected chi connectivity index (χ2v) is 20.9. The first kappa shape index (κ1) is 64.8. The van der Waals surface area contributed by atoms with Crippen LogP contribution in [0.25, 0.3) is 0 Å². The average molecular weight is 947 g/mol. The fourth-order valence-corrected chi connectivity index (χ4v) is 8.94. The van der Waals surface area contributed by atoms with Crippen LogP contribution >= 0.6 is 0 Å². The van der Waals surface area contributed by atoms with Crippen LogP contribution in [0.2, 0.25) is 0 Å². The molecule has 0 aromatic rings. The van der Waals surface area contributed by atoms with E-state index in [1.165, 1.54) is 199 Å². The molecule has 0 heterocycles. The van der Waals surface area contributed by atoms with Gasteiger partial charge in [0, 0.05) is 19.3 Å². The van der Waals surface area contributed by atoms with Gasteiger partial charge in [0.2, 0.25) is 0 Å². The molecule has 0 bridgehead atoms. The minimum absolute atomic E-state index is 0.0467. The Morgan fingerprint density at radius 2 is 0.836 bits per heavy atom. The predicted octanol–water partition coefficient (Wildman–Crippen LogP) is 15.8. The molecule has 8 nitrogen and oxygen atoms in total. The molecule has 0 aliphatic carbocycles. The van der Waals surface area contributed by atoms with E-state index in [2.05, 4.69) is 38.2 Å². The van der Waals surface area contributed by atoms with Crippen molar-refractivity contribution in [3.8, 4) is 0 Å². The van der Waals surface area contributed by atoms with Crippen LogP contribution < -0.4 is 5.11 Å². The Morgan fingerprint density at radius 1 is 0.463 bits per heavy atom. The number of nitrogens with zero attached hydrogens (tertiary/aromatic N) is 1. The molecule has 8 heteroatoms. The number of rotatable bonds is 53. The zero-order chi connectivity index (χ0) is 49.2. The van der Waals surface area contributed by atoms with E-state index in [4.69, 9.17) is 14.2 Å². The number of carbonyl (C=O) groups is 3. The van der Waals surface area contributed by atoms with Gasteiger partial charge in [0.1, 0.15) is 12.6 Å². The number of hydrogen-bond acceptors (Lipinski definition) is 7. The molecule has 67 heavy (non-hydrogen) atoms. The molecular weight excluding hydrogens is 835 g/mol. The SMILES string of the molecule is CC/C=C/C/C=C/CCCCCCCCCCCCCCCCC(=O)OCC(COCCC(C(=O)[O-])[N+](C)(C)C)OC(=O)CCCCCCCCCCCCCCCCCCCCCCCC. The number of ether oxygens (including phenoxy) is 3. The summed E-state index contributed by atoms with van der Waals surface area (Å²) in [4.78, 5) is 37.2. The second-order valence-electron chi connectivity index (χ2n) is 20.9. The van der Waals surface area contributed by atoms with Gasteiger partial charge in [-0.3, -0.25) is 9.59 Å². The maximum absolute atomic E-state index is 12.8. The first-order valence-corrected chi connectivity index (χ1v) is 28.9. The van der Waals surface area contributed by atoms with Gasteiger partial charge >= 0.3 is 11.9 Å². The summed E-state index contributed by atoms with van der Waals surface area (Å²) in [5.74, 6) is -1.71. The van der Waals surface area contributed by atoms with Crippen molar-refractivity contribution in [3.05, 3.63) is 24.3 Å². The minimum atomic E-state index is -1.12. The molecule has 0 spiro atoms. The van der Waals surface area contributed by atoms with Crippen LogP contribution in [0.1, 0.15) is 284 Å². The number of allylic oxidation sites excluding steroid dienone is 4. The molecule has 0 aromatic carbocycles. The molecular formula is C59H111NO7. The largest absolute Gasteiger partial charge is 0.544 e. The van der Waals surface area contributed by atoms with E-state index in [0.717, 1.165) is 51.4 Å². The zero-order valence-corrected chi connectivity index (χ0v) is 45.1. The van der Waals surface area contributed by atoms with Crippen LogP contribution in [0.4, 0.5) is 0 Å². The third-order valence-electron chi connectivity index (χ3n) is 13.4. The fourth-order valence-electron chi connectivity index (χ4n) is 8.94. The van der Waals surface area contributed by atoms with Crippen LogP contribution in [-0.2, 0) is 28.6 Å². The monoisotopic (exact) mass is 946 g/mol. The Morgan fingerprint density at radius 3 is 1.22 bits per heavy atom. The standard InChI is InChI=1S/C59H111NO7/c1-6-8-10-12-14-16-18-20-22-24-26-28-30-32-34-36-38-40-42-44-46-48-50-58(62)67-55(53-65-52-51-56(59(63)64)60(3,4)5)54-66-57(61)49-47-45-43-41-39-37-35-33-31-29-27-25-23-21-19-17-15-13-11-9-7-2/h9,11,15,17,55-56H,6-8,10,12-14,16,18-54H2,1-5H3/b11-9+,17-15+. The predicted molar refractivity (Wildman–Crippen MR) is 282 cm³/mol. The van der Waals surface area contributed by atoms with Gasteiger partial charge in [-0.25, -0.2) is 0 Å². The number of likely N-dealkylation sites (N-methyl/N-ethyl adjacent to an activating group) is 1. The first-order valence-electron chi connectivity index (χ1n) is 28.9. The Labute approximate surface area is 415 Å². The molecule has 0 fully saturated rings. The van der Waals surface area contributed by atoms with E-state index in [-0.39, 0.29) is 42.7 Å². The number of carbonyl (C=O) groups excluding carboxylic acids is 3. The first-order chi connectivity index (χ1) is 32.6.